The number of benzene rings is 3. The van der Waals surface area contributed by atoms with E-state index in [1.807, 2.05) is 48.5 Å². The Kier molecular flexibility index (Phi) is 7.03. The normalized spacial score (nSPS) is 14.6. The minimum Gasteiger partial charge on any atom is -0.507 e. The Morgan fingerprint density at radius 1 is 1.08 bits per heavy atom. The zero-order valence-electron chi connectivity index (χ0n) is 20.1. The second-order valence-electron chi connectivity index (χ2n) is 8.69. The molecule has 1 aliphatic heterocycles. The minimum atomic E-state index is -0.529. The summed E-state index contributed by atoms with van der Waals surface area (Å²) in [5.74, 6) is 0.853. The molecule has 0 saturated carbocycles. The van der Waals surface area contributed by atoms with Crippen LogP contribution in [0.3, 0.4) is 0 Å². The molecule has 0 saturated heterocycles. The van der Waals surface area contributed by atoms with Crippen LogP contribution in [-0.2, 0) is 6.61 Å². The van der Waals surface area contributed by atoms with Gasteiger partial charge in [-0.2, -0.15) is 5.10 Å². The molecule has 0 bridgehead atoms. The van der Waals surface area contributed by atoms with Crippen LogP contribution in [0.4, 0.5) is 0 Å². The number of aromatic amines is 1. The SMILES string of the molecule is COc1cc(C2c3c(-c4cc(Cl)ccc4O)n[nH]c3C(=O)N2CCCO)ccc1OCc1ccccc1. The fourth-order valence-corrected chi connectivity index (χ4v) is 4.80. The van der Waals surface area contributed by atoms with Crippen molar-refractivity contribution in [3.05, 3.63) is 94.1 Å². The van der Waals surface area contributed by atoms with E-state index in [0.717, 1.165) is 11.1 Å². The van der Waals surface area contributed by atoms with Gasteiger partial charge >= 0.3 is 0 Å². The van der Waals surface area contributed by atoms with Gasteiger partial charge in [0.1, 0.15) is 23.7 Å². The van der Waals surface area contributed by atoms with Crippen molar-refractivity contribution >= 4 is 17.5 Å². The first-order valence-corrected chi connectivity index (χ1v) is 12.2. The van der Waals surface area contributed by atoms with Crippen LogP contribution in [0.2, 0.25) is 5.02 Å². The van der Waals surface area contributed by atoms with E-state index in [1.165, 1.54) is 6.07 Å². The van der Waals surface area contributed by atoms with Crippen LogP contribution >= 0.6 is 11.6 Å². The first-order chi connectivity index (χ1) is 18.0. The molecule has 3 N–H and O–H groups in total. The molecule has 37 heavy (non-hydrogen) atoms. The number of hydrogen-bond donors (Lipinski definition) is 3. The Morgan fingerprint density at radius 3 is 2.65 bits per heavy atom. The van der Waals surface area contributed by atoms with Crippen LogP contribution in [0.25, 0.3) is 11.3 Å². The number of nitrogens with zero attached hydrogens (tertiary/aromatic N) is 2. The lowest BCUT2D eigenvalue weighted by atomic mass is 9.95. The summed E-state index contributed by atoms with van der Waals surface area (Å²) in [5, 5.41) is 27.7. The molecule has 0 radical (unpaired) electrons. The molecule has 2 heterocycles. The van der Waals surface area contributed by atoms with Crippen molar-refractivity contribution in [1.29, 1.82) is 0 Å². The number of halogens is 1. The van der Waals surface area contributed by atoms with E-state index in [2.05, 4.69) is 10.2 Å². The molecule has 8 nitrogen and oxygen atoms in total. The molecule has 0 aliphatic carbocycles. The lowest BCUT2D eigenvalue weighted by Gasteiger charge is -2.27. The molecule has 1 aromatic heterocycles. The molecule has 9 heteroatoms. The van der Waals surface area contributed by atoms with Crippen molar-refractivity contribution in [3.8, 4) is 28.5 Å². The van der Waals surface area contributed by atoms with Gasteiger partial charge in [-0.15, -0.1) is 0 Å². The Labute approximate surface area is 219 Å². The molecular formula is C28H26ClN3O5. The summed E-state index contributed by atoms with van der Waals surface area (Å²) in [7, 11) is 1.57. The number of aliphatic hydroxyl groups excluding tert-OH is 1. The molecule has 1 atom stereocenters. The molecule has 4 aromatic rings. The summed E-state index contributed by atoms with van der Waals surface area (Å²) in [4.78, 5) is 15.1. The van der Waals surface area contributed by atoms with Gasteiger partial charge in [-0.25, -0.2) is 0 Å². The summed E-state index contributed by atoms with van der Waals surface area (Å²) in [6.07, 6.45) is 0.410. The van der Waals surface area contributed by atoms with Gasteiger partial charge in [-0.3, -0.25) is 9.89 Å². The summed E-state index contributed by atoms with van der Waals surface area (Å²) in [6.45, 7) is 0.656. The first-order valence-electron chi connectivity index (χ1n) is 11.9. The topological polar surface area (TPSA) is 108 Å². The van der Waals surface area contributed by atoms with Gasteiger partial charge in [-0.1, -0.05) is 48.0 Å². The third-order valence-corrected chi connectivity index (χ3v) is 6.61. The lowest BCUT2D eigenvalue weighted by Crippen LogP contribution is -2.31. The van der Waals surface area contributed by atoms with E-state index < -0.39 is 6.04 Å². The van der Waals surface area contributed by atoms with Crippen LogP contribution in [0, 0.1) is 0 Å². The van der Waals surface area contributed by atoms with E-state index in [1.54, 1.807) is 24.1 Å². The number of amides is 1. The van der Waals surface area contributed by atoms with E-state index in [9.17, 15) is 15.0 Å². The first kappa shape index (κ1) is 24.7. The molecule has 190 valence electrons. The van der Waals surface area contributed by atoms with Gasteiger partial charge in [0.2, 0.25) is 0 Å². The molecule has 1 amide bonds. The van der Waals surface area contributed by atoms with Crippen molar-refractivity contribution < 1.29 is 24.5 Å². The maximum atomic E-state index is 13.4. The number of carbonyl (C=O) groups excluding carboxylic acids is 1. The number of rotatable bonds is 9. The summed E-state index contributed by atoms with van der Waals surface area (Å²) >= 11 is 6.21. The predicted molar refractivity (Wildman–Crippen MR) is 139 cm³/mol. The highest BCUT2D eigenvalue weighted by molar-refractivity contribution is 6.31. The molecule has 1 aliphatic rings. The van der Waals surface area contributed by atoms with Crippen molar-refractivity contribution in [3.63, 3.8) is 0 Å². The zero-order chi connectivity index (χ0) is 25.9. The third-order valence-electron chi connectivity index (χ3n) is 6.38. The largest absolute Gasteiger partial charge is 0.507 e. The average Bonchev–Trinajstić information content (AvgIpc) is 3.46. The highest BCUT2D eigenvalue weighted by atomic mass is 35.5. The molecular weight excluding hydrogens is 494 g/mol. The number of hydrogen-bond acceptors (Lipinski definition) is 6. The van der Waals surface area contributed by atoms with Crippen LogP contribution in [0.1, 0.15) is 39.6 Å². The van der Waals surface area contributed by atoms with Crippen LogP contribution in [0.15, 0.2) is 66.7 Å². The number of aliphatic hydroxyl groups is 1. The highest BCUT2D eigenvalue weighted by Gasteiger charge is 2.42. The smallest absolute Gasteiger partial charge is 0.273 e. The fourth-order valence-electron chi connectivity index (χ4n) is 4.63. The maximum absolute atomic E-state index is 13.4. The van der Waals surface area contributed by atoms with Crippen LogP contribution in [0.5, 0.6) is 17.2 Å². The Morgan fingerprint density at radius 2 is 1.89 bits per heavy atom. The van der Waals surface area contributed by atoms with Crippen molar-refractivity contribution in [2.45, 2.75) is 19.1 Å². The van der Waals surface area contributed by atoms with Crippen LogP contribution < -0.4 is 9.47 Å². The summed E-state index contributed by atoms with van der Waals surface area (Å²) in [5.41, 5.74) is 3.61. The van der Waals surface area contributed by atoms with Crippen LogP contribution in [-0.4, -0.2) is 51.5 Å². The maximum Gasteiger partial charge on any atom is 0.273 e. The molecule has 0 fully saturated rings. The Hall–Kier alpha value is -4.01. The minimum absolute atomic E-state index is 0.000877. The lowest BCUT2D eigenvalue weighted by molar-refractivity contribution is 0.0732. The number of phenols is 1. The summed E-state index contributed by atoms with van der Waals surface area (Å²) < 4.78 is 11.7. The monoisotopic (exact) mass is 519 g/mol. The molecule has 3 aromatic carbocycles. The van der Waals surface area contributed by atoms with Gasteiger partial charge < -0.3 is 24.6 Å². The summed E-state index contributed by atoms with van der Waals surface area (Å²) in [6, 6.07) is 19.5. The third kappa shape index (κ3) is 4.73. The van der Waals surface area contributed by atoms with Crippen molar-refractivity contribution in [2.24, 2.45) is 0 Å². The van der Waals surface area contributed by atoms with E-state index >= 15 is 0 Å². The molecule has 1 unspecified atom stereocenters. The second kappa shape index (κ2) is 10.5. The Balaban J connectivity index is 1.56. The number of ether oxygens (including phenoxy) is 2. The number of carbonyl (C=O) groups is 1. The van der Waals surface area contributed by atoms with Gasteiger partial charge in [-0.05, 0) is 47.9 Å². The van der Waals surface area contributed by atoms with E-state index in [4.69, 9.17) is 21.1 Å². The van der Waals surface area contributed by atoms with Crippen molar-refractivity contribution in [1.82, 2.24) is 15.1 Å². The van der Waals surface area contributed by atoms with Gasteiger partial charge in [0.05, 0.1) is 13.2 Å². The van der Waals surface area contributed by atoms with Crippen molar-refractivity contribution in [2.75, 3.05) is 20.3 Å². The number of fused-ring (bicyclic) bond motifs is 1. The number of phenolic OH excluding ortho intramolecular Hbond substituents is 1. The molecule has 0 spiro atoms. The number of nitrogens with one attached hydrogen (secondary N) is 1. The fraction of sp³-hybridized carbons (Fsp3) is 0.214. The highest BCUT2D eigenvalue weighted by Crippen LogP contribution is 2.46. The number of aromatic hydroxyl groups is 1. The number of H-pyrrole nitrogens is 1. The number of methoxy groups -OCH3 is 1. The average molecular weight is 520 g/mol. The van der Waals surface area contributed by atoms with E-state index in [0.29, 0.717) is 58.6 Å². The van der Waals surface area contributed by atoms with Gasteiger partial charge in [0, 0.05) is 29.3 Å². The standard InChI is InChI=1S/C28H26ClN3O5/c1-36-23-14-18(8-11-22(23)37-16-17-6-3-2-4-7-17)27-24-25(20-15-19(29)9-10-21(20)34)30-31-26(24)28(35)32(27)12-5-13-33/h2-4,6-11,14-15,27,33-34H,5,12-13,16H2,1H3,(H,30,31). The zero-order valence-corrected chi connectivity index (χ0v) is 20.9. The number of aromatic nitrogens is 2. The van der Waals surface area contributed by atoms with E-state index in [-0.39, 0.29) is 18.3 Å². The van der Waals surface area contributed by atoms with Gasteiger partial charge in [0.15, 0.2) is 11.5 Å². The quantitative estimate of drug-likeness (QED) is 0.289. The second-order valence-corrected chi connectivity index (χ2v) is 9.12. The van der Waals surface area contributed by atoms with Gasteiger partial charge in [0.25, 0.3) is 5.91 Å². The molecule has 5 rings (SSSR count). The Bertz CT molecular complexity index is 1420. The predicted octanol–water partition coefficient (Wildman–Crippen LogP) is 4.95.